The molecule has 4 atom stereocenters. The smallest absolute Gasteiger partial charge is 0.274 e. The quantitative estimate of drug-likeness (QED) is 0.0862. The number of fused-ring (bicyclic) bond motifs is 2. The number of nitrogens with one attached hydrogen (secondary N) is 4. The number of ketones is 2. The summed E-state index contributed by atoms with van der Waals surface area (Å²) in [6, 6.07) is 10.7. The Morgan fingerprint density at radius 2 is 1.10 bits per heavy atom. The fraction of sp³-hybridized carbons (Fsp3) is 0.429. The van der Waals surface area contributed by atoms with Crippen LogP contribution < -0.4 is 32.4 Å². The van der Waals surface area contributed by atoms with Crippen LogP contribution in [-0.4, -0.2) is 90.4 Å². The minimum Gasteiger partial charge on any atom is -0.381 e. The Balaban J connectivity index is 0.000000181. The van der Waals surface area contributed by atoms with Gasteiger partial charge in [0.05, 0.1) is 35.7 Å². The molecule has 2 fully saturated rings. The molecule has 0 saturated heterocycles. The van der Waals surface area contributed by atoms with E-state index in [-0.39, 0.29) is 58.8 Å². The maximum Gasteiger partial charge on any atom is 0.274 e. The lowest BCUT2D eigenvalue weighted by molar-refractivity contribution is 0.0952. The summed E-state index contributed by atoms with van der Waals surface area (Å²) < 4.78 is 17.1. The number of Topliss-reactive ketones (excluding diaryl/α,β-unsaturated/α-hetero) is 2. The maximum absolute atomic E-state index is 12.8. The second-order valence-corrected chi connectivity index (χ2v) is 15.6. The Labute approximate surface area is 346 Å². The van der Waals surface area contributed by atoms with Crippen molar-refractivity contribution in [3.8, 4) is 0 Å². The van der Waals surface area contributed by atoms with Crippen LogP contribution in [0.2, 0.25) is 0 Å². The molecule has 6 aromatic heterocycles. The topological polar surface area (TPSA) is 205 Å². The number of anilines is 6. The van der Waals surface area contributed by atoms with Crippen molar-refractivity contribution in [2.75, 3.05) is 49.6 Å². The van der Waals surface area contributed by atoms with Gasteiger partial charge in [-0.05, 0) is 76.6 Å². The number of hydrogen-bond donors (Lipinski definition) is 4. The van der Waals surface area contributed by atoms with Crippen LogP contribution in [0.3, 0.4) is 0 Å². The number of nitrogens with zero attached hydrogens (tertiary/aromatic N) is 8. The summed E-state index contributed by atoms with van der Waals surface area (Å²) >= 11 is 0. The van der Waals surface area contributed by atoms with Crippen molar-refractivity contribution in [3.05, 3.63) is 93.0 Å². The van der Waals surface area contributed by atoms with Gasteiger partial charge in [-0.3, -0.25) is 19.2 Å². The summed E-state index contributed by atoms with van der Waals surface area (Å²) in [6.07, 6.45) is 9.56. The SMILES string of the molecule is CNc1cc(Nc2cccn(C(C)C)c2=O)nc2c(C(=O)C[C@@H]3C[C@H]3OC)cnn12.CNc1cc(Nc2cccn(C(C)C)c2=O)nc2c(C(=O)C[C@@H]3C[C@H]3OC)cnn12. The first-order valence-corrected chi connectivity index (χ1v) is 20.1. The van der Waals surface area contributed by atoms with Gasteiger partial charge in [0, 0.05) is 77.8 Å². The molecule has 4 N–H and O–H groups in total. The first-order chi connectivity index (χ1) is 28.8. The molecule has 0 unspecified atom stereocenters. The third kappa shape index (κ3) is 8.65. The summed E-state index contributed by atoms with van der Waals surface area (Å²) in [5, 5.41) is 21.0. The number of ether oxygens (including phenoxy) is 2. The molecule has 0 amide bonds. The lowest BCUT2D eigenvalue weighted by atomic mass is 10.1. The molecule has 0 radical (unpaired) electrons. The zero-order valence-corrected chi connectivity index (χ0v) is 35.1. The van der Waals surface area contributed by atoms with Crippen LogP contribution in [0.25, 0.3) is 11.3 Å². The van der Waals surface area contributed by atoms with Crippen LogP contribution in [-0.2, 0) is 9.47 Å². The Kier molecular flexibility index (Phi) is 12.1. The predicted octanol–water partition coefficient (Wildman–Crippen LogP) is 5.73. The first kappa shape index (κ1) is 41.7. The second-order valence-electron chi connectivity index (χ2n) is 15.6. The Bertz CT molecular complexity index is 2480. The van der Waals surface area contributed by atoms with Gasteiger partial charge in [0.1, 0.15) is 34.6 Å². The molecule has 2 saturated carbocycles. The molecule has 18 nitrogen and oxygen atoms in total. The number of pyridine rings is 2. The van der Waals surface area contributed by atoms with Crippen LogP contribution >= 0.6 is 0 Å². The highest BCUT2D eigenvalue weighted by Crippen LogP contribution is 2.38. The van der Waals surface area contributed by atoms with Crippen molar-refractivity contribution < 1.29 is 19.1 Å². The van der Waals surface area contributed by atoms with Gasteiger partial charge < -0.3 is 39.9 Å². The van der Waals surface area contributed by atoms with Crippen LogP contribution in [0.1, 0.15) is 86.2 Å². The van der Waals surface area contributed by atoms with Gasteiger partial charge in [-0.2, -0.15) is 19.2 Å². The van der Waals surface area contributed by atoms with E-state index in [1.807, 2.05) is 39.8 Å². The van der Waals surface area contributed by atoms with Crippen molar-refractivity contribution in [2.24, 2.45) is 11.8 Å². The highest BCUT2D eigenvalue weighted by atomic mass is 16.5. The van der Waals surface area contributed by atoms with E-state index >= 15 is 0 Å². The molecule has 8 rings (SSSR count). The summed E-state index contributed by atoms with van der Waals surface area (Å²) in [4.78, 5) is 60.3. The molecular formula is C42H52N12O6. The zero-order chi connectivity index (χ0) is 42.8. The number of hydrogen-bond acceptors (Lipinski definition) is 14. The minimum absolute atomic E-state index is 0.0110. The fourth-order valence-electron chi connectivity index (χ4n) is 7.25. The molecule has 6 aromatic rings. The van der Waals surface area contributed by atoms with Crippen molar-refractivity contribution in [1.82, 2.24) is 38.3 Å². The molecule has 18 heteroatoms. The summed E-state index contributed by atoms with van der Waals surface area (Å²) in [5.74, 6) is 2.71. The van der Waals surface area contributed by atoms with Crippen LogP contribution in [0.5, 0.6) is 0 Å². The highest BCUT2D eigenvalue weighted by Gasteiger charge is 2.40. The lowest BCUT2D eigenvalue weighted by Crippen LogP contribution is -2.23. The average Bonchev–Trinajstić information content (AvgIpc) is 4.07. The summed E-state index contributed by atoms with van der Waals surface area (Å²) in [5.41, 5.74) is 2.38. The highest BCUT2D eigenvalue weighted by molar-refractivity contribution is 6.02. The Morgan fingerprint density at radius 3 is 1.43 bits per heavy atom. The average molecular weight is 821 g/mol. The van der Waals surface area contributed by atoms with Gasteiger partial charge in [0.15, 0.2) is 22.9 Å². The molecule has 0 aliphatic heterocycles. The first-order valence-electron chi connectivity index (χ1n) is 20.1. The number of methoxy groups -OCH3 is 2. The molecule has 316 valence electrons. The molecule has 60 heavy (non-hydrogen) atoms. The molecule has 2 aliphatic carbocycles. The third-order valence-electron chi connectivity index (χ3n) is 10.9. The van der Waals surface area contributed by atoms with Gasteiger partial charge >= 0.3 is 0 Å². The fourth-order valence-corrected chi connectivity index (χ4v) is 7.25. The van der Waals surface area contributed by atoms with Gasteiger partial charge in [-0.15, -0.1) is 0 Å². The molecule has 0 spiro atoms. The normalized spacial score (nSPS) is 18.0. The summed E-state index contributed by atoms with van der Waals surface area (Å²) in [7, 11) is 6.87. The number of rotatable bonds is 16. The van der Waals surface area contributed by atoms with Gasteiger partial charge in [-0.1, -0.05) is 0 Å². The number of carbonyl (C=O) groups excluding carboxylic acids is 2. The monoisotopic (exact) mass is 820 g/mol. The zero-order valence-electron chi connectivity index (χ0n) is 35.1. The second kappa shape index (κ2) is 17.4. The Hall–Kier alpha value is -6.40. The lowest BCUT2D eigenvalue weighted by Gasteiger charge is -2.13. The van der Waals surface area contributed by atoms with E-state index in [0.29, 0.717) is 69.9 Å². The van der Waals surface area contributed by atoms with Crippen molar-refractivity contribution in [1.29, 1.82) is 0 Å². The number of carbonyl (C=O) groups is 2. The number of aromatic nitrogens is 8. The van der Waals surface area contributed by atoms with E-state index in [4.69, 9.17) is 9.47 Å². The van der Waals surface area contributed by atoms with Crippen LogP contribution in [0.15, 0.2) is 70.8 Å². The maximum atomic E-state index is 12.8. The molecular weight excluding hydrogens is 769 g/mol. The van der Waals surface area contributed by atoms with Crippen LogP contribution in [0, 0.1) is 11.8 Å². The van der Waals surface area contributed by atoms with E-state index < -0.39 is 0 Å². The van der Waals surface area contributed by atoms with Gasteiger partial charge in [0.25, 0.3) is 11.1 Å². The predicted molar refractivity (Wildman–Crippen MR) is 230 cm³/mol. The van der Waals surface area contributed by atoms with Crippen molar-refractivity contribution in [2.45, 2.75) is 77.7 Å². The van der Waals surface area contributed by atoms with Gasteiger partial charge in [-0.25, -0.2) is 9.97 Å². The molecule has 0 bridgehead atoms. The van der Waals surface area contributed by atoms with E-state index in [9.17, 15) is 19.2 Å². The molecule has 6 heterocycles. The minimum atomic E-state index is -0.135. The molecule has 2 aliphatic rings. The van der Waals surface area contributed by atoms with E-state index in [1.165, 1.54) is 0 Å². The van der Waals surface area contributed by atoms with E-state index in [1.54, 1.807) is 95.5 Å². The van der Waals surface area contributed by atoms with Crippen molar-refractivity contribution in [3.63, 3.8) is 0 Å². The van der Waals surface area contributed by atoms with E-state index in [0.717, 1.165) is 12.8 Å². The van der Waals surface area contributed by atoms with E-state index in [2.05, 4.69) is 41.4 Å². The standard InChI is InChI=1S/2C21H26N6O3/c2*1-12(2)26-7-5-6-15(21(26)29)24-18-10-19(22-3)27-20(25-18)14(11-23-27)16(28)8-13-9-17(13)30-4/h2*5-7,10-13,17,22H,8-9H2,1-4H3,(H,24,25)/t2*13-,17-/m11/s1. The summed E-state index contributed by atoms with van der Waals surface area (Å²) in [6.45, 7) is 7.80. The molecule has 0 aromatic carbocycles. The van der Waals surface area contributed by atoms with Crippen LogP contribution in [0.4, 0.5) is 34.6 Å². The van der Waals surface area contributed by atoms with Crippen molar-refractivity contribution >= 4 is 57.5 Å². The Morgan fingerprint density at radius 1 is 0.700 bits per heavy atom. The largest absolute Gasteiger partial charge is 0.381 e. The third-order valence-corrected chi connectivity index (χ3v) is 10.9. The van der Waals surface area contributed by atoms with Gasteiger partial charge in [0.2, 0.25) is 0 Å².